The Labute approximate surface area is 117 Å². The molecule has 3 heteroatoms. The molecule has 0 aliphatic carbocycles. The van der Waals surface area contributed by atoms with Gasteiger partial charge >= 0.3 is 0 Å². The Morgan fingerprint density at radius 3 is 2.42 bits per heavy atom. The molecule has 0 fully saturated rings. The Kier molecular flexibility index (Phi) is 3.05. The molecule has 2 aromatic carbocycles. The van der Waals surface area contributed by atoms with Gasteiger partial charge in [-0.25, -0.2) is 0 Å². The monoisotopic (exact) mass is 268 g/mol. The summed E-state index contributed by atoms with van der Waals surface area (Å²) in [5.41, 5.74) is 2.45. The first kappa shape index (κ1) is 11.9. The van der Waals surface area contributed by atoms with Crippen LogP contribution in [0, 0.1) is 0 Å². The summed E-state index contributed by atoms with van der Waals surface area (Å²) in [6, 6.07) is 17.4. The van der Waals surface area contributed by atoms with E-state index in [1.54, 1.807) is 0 Å². The van der Waals surface area contributed by atoms with Gasteiger partial charge in [0.15, 0.2) is 6.10 Å². The number of hydrogen-bond donors (Lipinski definition) is 1. The molecule has 1 heterocycles. The molecule has 0 saturated heterocycles. The summed E-state index contributed by atoms with van der Waals surface area (Å²) >= 11 is 5.45. The van der Waals surface area contributed by atoms with Gasteiger partial charge in [0.2, 0.25) is 0 Å². The summed E-state index contributed by atoms with van der Waals surface area (Å²) in [5, 5.41) is 9.49. The summed E-state index contributed by atoms with van der Waals surface area (Å²) in [4.78, 5) is 0.637. The van der Waals surface area contributed by atoms with Gasteiger partial charge in [-0.05, 0) is 17.7 Å². The summed E-state index contributed by atoms with van der Waals surface area (Å²) in [7, 11) is 0. The van der Waals surface area contributed by atoms with E-state index in [2.05, 4.69) is 0 Å². The van der Waals surface area contributed by atoms with E-state index >= 15 is 0 Å². The van der Waals surface area contributed by atoms with Gasteiger partial charge in [-0.1, -0.05) is 54.7 Å². The van der Waals surface area contributed by atoms with Crippen LogP contribution in [0.1, 0.15) is 17.2 Å². The molecule has 1 N–H and O–H groups in total. The second-order valence-electron chi connectivity index (χ2n) is 4.32. The largest absolute Gasteiger partial charge is 0.515 e. The van der Waals surface area contributed by atoms with Gasteiger partial charge in [0, 0.05) is 11.1 Å². The molecule has 1 atom stereocenters. The zero-order valence-electron chi connectivity index (χ0n) is 10.1. The molecule has 0 bridgehead atoms. The highest BCUT2D eigenvalue weighted by Gasteiger charge is 2.30. The third-order valence-corrected chi connectivity index (χ3v) is 3.62. The summed E-state index contributed by atoms with van der Waals surface area (Å²) in [5.74, 6) is 0.756. The number of rotatable bonds is 1. The van der Waals surface area contributed by atoms with Gasteiger partial charge in [-0.3, -0.25) is 0 Å². The summed E-state index contributed by atoms with van der Waals surface area (Å²) in [6.45, 7) is 0. The Morgan fingerprint density at radius 2 is 1.68 bits per heavy atom. The Morgan fingerprint density at radius 1 is 1.00 bits per heavy atom. The average Bonchev–Trinajstić information content (AvgIpc) is 2.48. The van der Waals surface area contributed by atoms with Crippen molar-refractivity contribution in [1.29, 1.82) is 0 Å². The second-order valence-corrected chi connectivity index (χ2v) is 4.73. The molecule has 19 heavy (non-hydrogen) atoms. The minimum Gasteiger partial charge on any atom is -0.515 e. The number of thiocarbonyl (C=S) groups is 1. The highest BCUT2D eigenvalue weighted by atomic mass is 32.1. The molecule has 3 rings (SSSR count). The van der Waals surface area contributed by atoms with Gasteiger partial charge in [0.25, 0.3) is 0 Å². The fraction of sp³-hybridized carbons (Fsp3) is 0.0625. The molecule has 1 aliphatic rings. The molecule has 1 aliphatic heterocycles. The number of aliphatic hydroxyl groups excluding tert-OH is 1. The predicted octanol–water partition coefficient (Wildman–Crippen LogP) is 3.98. The normalized spacial score (nSPS) is 19.9. The van der Waals surface area contributed by atoms with Gasteiger partial charge in [0.1, 0.15) is 5.75 Å². The van der Waals surface area contributed by atoms with Crippen LogP contribution in [-0.4, -0.2) is 9.97 Å². The Bertz CT molecular complexity index is 647. The Balaban J connectivity index is 2.11. The van der Waals surface area contributed by atoms with Crippen LogP contribution in [0.25, 0.3) is 0 Å². The van der Waals surface area contributed by atoms with Crippen molar-refractivity contribution in [2.45, 2.75) is 6.10 Å². The van der Waals surface area contributed by atoms with Crippen LogP contribution in [0.3, 0.4) is 0 Å². The van der Waals surface area contributed by atoms with E-state index < -0.39 is 0 Å². The van der Waals surface area contributed by atoms with E-state index in [1.807, 2.05) is 54.6 Å². The smallest absolute Gasteiger partial charge is 0.153 e. The van der Waals surface area contributed by atoms with Crippen molar-refractivity contribution in [2.24, 2.45) is 0 Å². The van der Waals surface area contributed by atoms with Crippen molar-refractivity contribution in [3.8, 4) is 5.75 Å². The van der Waals surface area contributed by atoms with Crippen molar-refractivity contribution in [3.05, 3.63) is 77.6 Å². The average molecular weight is 268 g/mol. The highest BCUT2D eigenvalue weighted by Crippen LogP contribution is 2.38. The highest BCUT2D eigenvalue weighted by molar-refractivity contribution is 7.81. The van der Waals surface area contributed by atoms with Crippen LogP contribution in [0.15, 0.2) is 66.4 Å². The van der Waals surface area contributed by atoms with Crippen molar-refractivity contribution < 1.29 is 9.84 Å². The van der Waals surface area contributed by atoms with Gasteiger partial charge in [0.05, 0.1) is 11.1 Å². The van der Waals surface area contributed by atoms with Crippen molar-refractivity contribution in [1.82, 2.24) is 0 Å². The topological polar surface area (TPSA) is 29.5 Å². The molecule has 0 amide bonds. The number of para-hydroxylation sites is 1. The third-order valence-electron chi connectivity index (χ3n) is 3.16. The molecule has 0 saturated carbocycles. The van der Waals surface area contributed by atoms with Gasteiger partial charge in [-0.2, -0.15) is 0 Å². The van der Waals surface area contributed by atoms with Crippen molar-refractivity contribution in [2.75, 3.05) is 0 Å². The number of ether oxygens (including phenoxy) is 1. The van der Waals surface area contributed by atoms with Crippen LogP contribution in [0.5, 0.6) is 5.75 Å². The fourth-order valence-electron chi connectivity index (χ4n) is 2.22. The van der Waals surface area contributed by atoms with E-state index in [1.165, 1.54) is 0 Å². The molecule has 2 nitrogen and oxygen atoms in total. The number of aliphatic hydroxyl groups is 1. The summed E-state index contributed by atoms with van der Waals surface area (Å²) in [6.07, 6.45) is 0.698. The maximum absolute atomic E-state index is 9.49. The lowest BCUT2D eigenvalue weighted by molar-refractivity contribution is 0.239. The molecule has 2 aromatic rings. The minimum absolute atomic E-state index is 0.353. The molecule has 1 unspecified atom stereocenters. The Hall–Kier alpha value is -2.13. The first-order valence-electron chi connectivity index (χ1n) is 6.01. The fourth-order valence-corrected chi connectivity index (χ4v) is 2.55. The molecule has 0 spiro atoms. The maximum Gasteiger partial charge on any atom is 0.153 e. The lowest BCUT2D eigenvalue weighted by Crippen LogP contribution is -2.23. The lowest BCUT2D eigenvalue weighted by atomic mass is 9.93. The van der Waals surface area contributed by atoms with E-state index in [4.69, 9.17) is 17.0 Å². The van der Waals surface area contributed by atoms with E-state index in [9.17, 15) is 5.11 Å². The number of hydrogen-bond acceptors (Lipinski definition) is 3. The molecule has 0 radical (unpaired) electrons. The van der Waals surface area contributed by atoms with Crippen LogP contribution in [0.2, 0.25) is 0 Å². The van der Waals surface area contributed by atoms with Crippen LogP contribution in [0.4, 0.5) is 0 Å². The lowest BCUT2D eigenvalue weighted by Gasteiger charge is -2.29. The van der Waals surface area contributed by atoms with Crippen molar-refractivity contribution >= 4 is 17.1 Å². The summed E-state index contributed by atoms with van der Waals surface area (Å²) < 4.78 is 5.98. The molecule has 0 aromatic heterocycles. The minimum atomic E-state index is -0.353. The first-order chi connectivity index (χ1) is 9.31. The molecular formula is C16H12O2S. The second kappa shape index (κ2) is 4.86. The SMILES string of the molecule is OC=C1C(=S)c2ccccc2OC1c1ccccc1. The van der Waals surface area contributed by atoms with E-state index in [-0.39, 0.29) is 6.10 Å². The quantitative estimate of drug-likeness (QED) is 0.482. The van der Waals surface area contributed by atoms with E-state index in [0.717, 1.165) is 23.1 Å². The third kappa shape index (κ3) is 2.02. The first-order valence-corrected chi connectivity index (χ1v) is 6.41. The molecule has 94 valence electrons. The van der Waals surface area contributed by atoms with Crippen LogP contribution < -0.4 is 4.74 Å². The number of benzene rings is 2. The van der Waals surface area contributed by atoms with Crippen LogP contribution in [-0.2, 0) is 0 Å². The number of fused-ring (bicyclic) bond motifs is 1. The van der Waals surface area contributed by atoms with E-state index in [0.29, 0.717) is 10.4 Å². The predicted molar refractivity (Wildman–Crippen MR) is 78.7 cm³/mol. The maximum atomic E-state index is 9.49. The van der Waals surface area contributed by atoms with Gasteiger partial charge < -0.3 is 9.84 Å². The van der Waals surface area contributed by atoms with Crippen molar-refractivity contribution in [3.63, 3.8) is 0 Å². The van der Waals surface area contributed by atoms with Crippen LogP contribution >= 0.6 is 12.2 Å². The van der Waals surface area contributed by atoms with Gasteiger partial charge in [-0.15, -0.1) is 0 Å². The molecular weight excluding hydrogens is 256 g/mol. The zero-order chi connectivity index (χ0) is 13.2. The zero-order valence-corrected chi connectivity index (χ0v) is 10.9. The standard InChI is InChI=1S/C16H12O2S/c17-10-13-15(11-6-2-1-3-7-11)18-14-9-5-4-8-12(14)16(13)19/h1-10,15,17H.